The second kappa shape index (κ2) is 6.65. The zero-order chi connectivity index (χ0) is 17.3. The number of para-hydroxylation sites is 1. The fourth-order valence-corrected chi connectivity index (χ4v) is 3.17. The number of benzene rings is 2. The van der Waals surface area contributed by atoms with E-state index in [-0.39, 0.29) is 11.7 Å². The number of hydrogen-bond acceptors (Lipinski definition) is 1. The molecule has 0 amide bonds. The van der Waals surface area contributed by atoms with Crippen LogP contribution in [0.25, 0.3) is 16.6 Å². The lowest BCUT2D eigenvalue weighted by Crippen LogP contribution is -1.99. The molecule has 122 valence electrons. The summed E-state index contributed by atoms with van der Waals surface area (Å²) in [5.41, 5.74) is 5.79. The first kappa shape index (κ1) is 16.5. The van der Waals surface area contributed by atoms with Crippen LogP contribution in [0.3, 0.4) is 0 Å². The molecule has 1 atom stereocenters. The smallest absolute Gasteiger partial charge is 0.260 e. The molecule has 3 aromatic rings. The van der Waals surface area contributed by atoms with Crippen molar-refractivity contribution < 1.29 is 13.8 Å². The zero-order valence-electron chi connectivity index (χ0n) is 13.4. The molecule has 0 aliphatic rings. The summed E-state index contributed by atoms with van der Waals surface area (Å²) in [6.07, 6.45) is 0. The summed E-state index contributed by atoms with van der Waals surface area (Å²) in [4.78, 5) is 9.13. The second-order valence-electron chi connectivity index (χ2n) is 5.80. The first-order chi connectivity index (χ1) is 11.5. The van der Waals surface area contributed by atoms with Crippen LogP contribution < -0.4 is 0 Å². The summed E-state index contributed by atoms with van der Waals surface area (Å²) < 4.78 is 26.3. The Hall–Kier alpha value is -2.34. The summed E-state index contributed by atoms with van der Waals surface area (Å²) in [7, 11) is -2.90. The third-order valence-corrected chi connectivity index (χ3v) is 4.20. The molecule has 0 saturated heterocycles. The summed E-state index contributed by atoms with van der Waals surface area (Å²) in [5, 5.41) is 1.04. The summed E-state index contributed by atoms with van der Waals surface area (Å²) in [6, 6.07) is 14.0. The monoisotopic (exact) mass is 341 g/mol. The third kappa shape index (κ3) is 3.01. The maximum absolute atomic E-state index is 13.3. The van der Waals surface area contributed by atoms with Gasteiger partial charge in [0, 0.05) is 11.1 Å². The van der Waals surface area contributed by atoms with Gasteiger partial charge in [-0.2, -0.15) is 0 Å². The Morgan fingerprint density at radius 1 is 1.12 bits per heavy atom. The Morgan fingerprint density at radius 2 is 1.79 bits per heavy atom. The highest BCUT2D eigenvalue weighted by atomic mass is 31.1. The molecule has 0 bridgehead atoms. The standard InChI is InChI=1S/C19H17FNO2P/c1-13(2)19-16-5-3-4-6-17(16)21(18(19)11-12-24(22)23)15-9-7-14(20)8-10-15/h3-10,13,24H,1-2H3,(H,22,23). The van der Waals surface area contributed by atoms with E-state index < -0.39 is 8.03 Å². The number of hydrogen-bond donors (Lipinski definition) is 1. The van der Waals surface area contributed by atoms with Gasteiger partial charge in [0.25, 0.3) is 8.03 Å². The second-order valence-corrected chi connectivity index (χ2v) is 6.66. The molecule has 5 heteroatoms. The highest BCUT2D eigenvalue weighted by Gasteiger charge is 2.19. The molecule has 0 saturated carbocycles. The SMILES string of the molecule is CC(C)c1c(C#C[PH](=O)O)n(-c2ccc(F)cc2)c2ccccc12. The topological polar surface area (TPSA) is 42.2 Å². The fourth-order valence-electron chi connectivity index (χ4n) is 2.94. The molecule has 0 aliphatic carbocycles. The Bertz CT molecular complexity index is 978. The minimum atomic E-state index is -2.90. The first-order valence-electron chi connectivity index (χ1n) is 7.63. The molecule has 3 nitrogen and oxygen atoms in total. The molecular weight excluding hydrogens is 324 g/mol. The molecule has 0 aliphatic heterocycles. The van der Waals surface area contributed by atoms with Gasteiger partial charge in [-0.15, -0.1) is 0 Å². The third-order valence-electron chi connectivity index (χ3n) is 3.86. The molecular formula is C19H17FNO2P. The Kier molecular flexibility index (Phi) is 4.57. The number of fused-ring (bicyclic) bond motifs is 1. The Morgan fingerprint density at radius 3 is 2.42 bits per heavy atom. The van der Waals surface area contributed by atoms with Crippen LogP contribution in [0.5, 0.6) is 0 Å². The molecule has 1 aromatic heterocycles. The number of aromatic nitrogens is 1. The summed E-state index contributed by atoms with van der Waals surface area (Å²) in [6.45, 7) is 4.12. The van der Waals surface area contributed by atoms with Crippen molar-refractivity contribution in [3.63, 3.8) is 0 Å². The number of rotatable bonds is 2. The van der Waals surface area contributed by atoms with Crippen LogP contribution in [0, 0.1) is 17.4 Å². The van der Waals surface area contributed by atoms with Crippen LogP contribution >= 0.6 is 8.03 Å². The van der Waals surface area contributed by atoms with E-state index in [1.807, 2.05) is 28.8 Å². The minimum Gasteiger partial charge on any atom is -0.338 e. The quantitative estimate of drug-likeness (QED) is 0.544. The van der Waals surface area contributed by atoms with Gasteiger partial charge in [0.15, 0.2) is 0 Å². The average molecular weight is 341 g/mol. The highest BCUT2D eigenvalue weighted by molar-refractivity contribution is 7.44. The lowest BCUT2D eigenvalue weighted by molar-refractivity contribution is 0.514. The van der Waals surface area contributed by atoms with Gasteiger partial charge >= 0.3 is 0 Å². The van der Waals surface area contributed by atoms with Crippen molar-refractivity contribution in [3.8, 4) is 17.3 Å². The molecule has 0 fully saturated rings. The lowest BCUT2D eigenvalue weighted by Gasteiger charge is -2.09. The van der Waals surface area contributed by atoms with Crippen molar-refractivity contribution in [1.29, 1.82) is 0 Å². The minimum absolute atomic E-state index is 0.182. The van der Waals surface area contributed by atoms with E-state index in [4.69, 9.17) is 4.89 Å². The molecule has 2 aromatic carbocycles. The van der Waals surface area contributed by atoms with Gasteiger partial charge in [0.1, 0.15) is 11.5 Å². The molecule has 0 radical (unpaired) electrons. The van der Waals surface area contributed by atoms with Crippen molar-refractivity contribution >= 4 is 18.9 Å². The van der Waals surface area contributed by atoms with Gasteiger partial charge in [0.05, 0.1) is 5.52 Å². The zero-order valence-corrected chi connectivity index (χ0v) is 14.4. The van der Waals surface area contributed by atoms with Gasteiger partial charge < -0.3 is 9.46 Å². The van der Waals surface area contributed by atoms with Crippen molar-refractivity contribution in [2.24, 2.45) is 0 Å². The average Bonchev–Trinajstić information content (AvgIpc) is 2.88. The van der Waals surface area contributed by atoms with Gasteiger partial charge in [-0.1, -0.05) is 32.0 Å². The summed E-state index contributed by atoms with van der Waals surface area (Å²) >= 11 is 0. The predicted octanol–water partition coefficient (Wildman–Crippen LogP) is 4.67. The molecule has 24 heavy (non-hydrogen) atoms. The van der Waals surface area contributed by atoms with Crippen molar-refractivity contribution in [2.75, 3.05) is 0 Å². The van der Waals surface area contributed by atoms with Crippen LogP contribution in [0.1, 0.15) is 31.0 Å². The largest absolute Gasteiger partial charge is 0.338 e. The Balaban J connectivity index is 2.42. The van der Waals surface area contributed by atoms with Gasteiger partial charge in [-0.05, 0) is 53.4 Å². The number of nitrogens with zero attached hydrogens (tertiary/aromatic N) is 1. The molecule has 0 spiro atoms. The van der Waals surface area contributed by atoms with E-state index in [1.54, 1.807) is 12.1 Å². The van der Waals surface area contributed by atoms with Gasteiger partial charge in [0.2, 0.25) is 0 Å². The van der Waals surface area contributed by atoms with E-state index in [2.05, 4.69) is 25.4 Å². The predicted molar refractivity (Wildman–Crippen MR) is 95.4 cm³/mol. The van der Waals surface area contributed by atoms with Crippen LogP contribution in [0.15, 0.2) is 48.5 Å². The van der Waals surface area contributed by atoms with E-state index in [1.165, 1.54) is 12.1 Å². The van der Waals surface area contributed by atoms with Crippen molar-refractivity contribution in [3.05, 3.63) is 65.6 Å². The summed E-state index contributed by atoms with van der Waals surface area (Å²) in [5.74, 6) is 2.74. The number of halogens is 1. The maximum atomic E-state index is 13.3. The van der Waals surface area contributed by atoms with Crippen molar-refractivity contribution in [1.82, 2.24) is 4.57 Å². The first-order valence-corrected chi connectivity index (χ1v) is 8.99. The fraction of sp³-hybridized carbons (Fsp3) is 0.158. The molecule has 1 heterocycles. The van der Waals surface area contributed by atoms with Crippen LogP contribution in [0.4, 0.5) is 4.39 Å². The van der Waals surface area contributed by atoms with E-state index in [9.17, 15) is 8.96 Å². The normalized spacial score (nSPS) is 12.2. The van der Waals surface area contributed by atoms with E-state index >= 15 is 0 Å². The van der Waals surface area contributed by atoms with Crippen LogP contribution in [0.2, 0.25) is 0 Å². The highest BCUT2D eigenvalue weighted by Crippen LogP contribution is 2.34. The molecule has 3 rings (SSSR count). The lowest BCUT2D eigenvalue weighted by atomic mass is 9.99. The molecule has 1 N–H and O–H groups in total. The Labute approximate surface area is 140 Å². The van der Waals surface area contributed by atoms with Crippen molar-refractivity contribution in [2.45, 2.75) is 19.8 Å². The van der Waals surface area contributed by atoms with Gasteiger partial charge in [-0.25, -0.2) is 4.39 Å². The van der Waals surface area contributed by atoms with E-state index in [0.717, 1.165) is 22.2 Å². The van der Waals surface area contributed by atoms with E-state index in [0.29, 0.717) is 5.69 Å². The van der Waals surface area contributed by atoms with Gasteiger partial charge in [-0.3, -0.25) is 4.57 Å². The maximum Gasteiger partial charge on any atom is 0.260 e. The van der Waals surface area contributed by atoms with Crippen LogP contribution in [-0.2, 0) is 4.57 Å². The molecule has 1 unspecified atom stereocenters. The van der Waals surface area contributed by atoms with Crippen LogP contribution in [-0.4, -0.2) is 9.46 Å².